The minimum atomic E-state index is 0.873. The SMILES string of the molecule is CCNCc1cc(N2CCCCCCC2)ccn1. The number of pyridine rings is 1. The van der Waals surface area contributed by atoms with Gasteiger partial charge in [0.05, 0.1) is 5.69 Å². The van der Waals surface area contributed by atoms with E-state index in [2.05, 4.69) is 34.3 Å². The van der Waals surface area contributed by atoms with Gasteiger partial charge in [-0.2, -0.15) is 0 Å². The normalized spacial score (nSPS) is 17.3. The Morgan fingerprint density at radius 1 is 1.17 bits per heavy atom. The lowest BCUT2D eigenvalue weighted by atomic mass is 10.1. The summed E-state index contributed by atoms with van der Waals surface area (Å²) in [5.74, 6) is 0. The largest absolute Gasteiger partial charge is 0.371 e. The highest BCUT2D eigenvalue weighted by molar-refractivity contribution is 5.46. The maximum atomic E-state index is 4.42. The van der Waals surface area contributed by atoms with Crippen molar-refractivity contribution in [3.05, 3.63) is 24.0 Å². The van der Waals surface area contributed by atoms with E-state index in [1.807, 2.05) is 6.20 Å². The van der Waals surface area contributed by atoms with Crippen LogP contribution in [0, 0.1) is 0 Å². The molecular weight excluding hydrogens is 222 g/mol. The van der Waals surface area contributed by atoms with Crippen LogP contribution in [0.15, 0.2) is 18.3 Å². The lowest BCUT2D eigenvalue weighted by Crippen LogP contribution is -2.27. The first-order valence-corrected chi connectivity index (χ1v) is 7.30. The molecule has 1 aliphatic rings. The van der Waals surface area contributed by atoms with E-state index >= 15 is 0 Å². The van der Waals surface area contributed by atoms with Crippen LogP contribution in [0.5, 0.6) is 0 Å². The molecule has 18 heavy (non-hydrogen) atoms. The van der Waals surface area contributed by atoms with Crippen LogP contribution in [-0.4, -0.2) is 24.6 Å². The smallest absolute Gasteiger partial charge is 0.0562 e. The third-order valence-corrected chi connectivity index (χ3v) is 3.58. The Kier molecular flexibility index (Phi) is 5.46. The van der Waals surface area contributed by atoms with Crippen LogP contribution in [0.2, 0.25) is 0 Å². The van der Waals surface area contributed by atoms with Gasteiger partial charge in [-0.05, 0) is 31.5 Å². The van der Waals surface area contributed by atoms with Gasteiger partial charge in [-0.15, -0.1) is 0 Å². The van der Waals surface area contributed by atoms with Crippen molar-refractivity contribution < 1.29 is 0 Å². The number of nitrogens with zero attached hydrogens (tertiary/aromatic N) is 2. The van der Waals surface area contributed by atoms with Crippen molar-refractivity contribution in [2.45, 2.75) is 45.6 Å². The summed E-state index contributed by atoms with van der Waals surface area (Å²) in [6.07, 6.45) is 8.77. The van der Waals surface area contributed by atoms with E-state index in [1.54, 1.807) is 0 Å². The van der Waals surface area contributed by atoms with Gasteiger partial charge < -0.3 is 10.2 Å². The summed E-state index contributed by atoms with van der Waals surface area (Å²) in [5.41, 5.74) is 2.50. The first kappa shape index (κ1) is 13.3. The van der Waals surface area contributed by atoms with E-state index in [-0.39, 0.29) is 0 Å². The van der Waals surface area contributed by atoms with Crippen LogP contribution in [0.4, 0.5) is 5.69 Å². The zero-order chi connectivity index (χ0) is 12.6. The van der Waals surface area contributed by atoms with Crippen LogP contribution in [-0.2, 0) is 6.54 Å². The average molecular weight is 247 g/mol. The Bertz CT molecular complexity index is 343. The molecule has 0 aliphatic carbocycles. The summed E-state index contributed by atoms with van der Waals surface area (Å²) in [7, 11) is 0. The molecule has 0 aromatic carbocycles. The standard InChI is InChI=1S/C15H25N3/c1-2-16-13-14-12-15(8-9-17-14)18-10-6-4-3-5-7-11-18/h8-9,12,16H,2-7,10-11,13H2,1H3. The number of hydrogen-bond donors (Lipinski definition) is 1. The van der Waals surface area contributed by atoms with Gasteiger partial charge in [0.2, 0.25) is 0 Å². The quantitative estimate of drug-likeness (QED) is 0.886. The van der Waals surface area contributed by atoms with Gasteiger partial charge in [-0.25, -0.2) is 0 Å². The molecule has 0 saturated carbocycles. The molecule has 3 nitrogen and oxygen atoms in total. The first-order chi connectivity index (χ1) is 8.90. The van der Waals surface area contributed by atoms with Gasteiger partial charge in [-0.3, -0.25) is 4.98 Å². The predicted molar refractivity (Wildman–Crippen MR) is 76.9 cm³/mol. The van der Waals surface area contributed by atoms with Crippen molar-refractivity contribution in [3.8, 4) is 0 Å². The van der Waals surface area contributed by atoms with Crippen molar-refractivity contribution in [3.63, 3.8) is 0 Å². The molecule has 1 aromatic heterocycles. The van der Waals surface area contributed by atoms with Crippen LogP contribution in [0.1, 0.15) is 44.7 Å². The highest BCUT2D eigenvalue weighted by Crippen LogP contribution is 2.19. The summed E-state index contributed by atoms with van der Waals surface area (Å²) in [5, 5.41) is 3.34. The highest BCUT2D eigenvalue weighted by atomic mass is 15.1. The van der Waals surface area contributed by atoms with Crippen molar-refractivity contribution in [2.24, 2.45) is 0 Å². The zero-order valence-electron chi connectivity index (χ0n) is 11.5. The van der Waals surface area contributed by atoms with E-state index in [9.17, 15) is 0 Å². The highest BCUT2D eigenvalue weighted by Gasteiger charge is 2.09. The molecule has 0 unspecified atom stereocenters. The summed E-state index contributed by atoms with van der Waals surface area (Å²) in [6, 6.07) is 4.39. The molecule has 100 valence electrons. The predicted octanol–water partition coefficient (Wildman–Crippen LogP) is 2.96. The third kappa shape index (κ3) is 3.98. The fourth-order valence-electron chi connectivity index (χ4n) is 2.52. The molecule has 1 saturated heterocycles. The third-order valence-electron chi connectivity index (χ3n) is 3.58. The second kappa shape index (κ2) is 7.37. The Morgan fingerprint density at radius 2 is 1.89 bits per heavy atom. The molecule has 2 rings (SSSR count). The van der Waals surface area contributed by atoms with Crippen LogP contribution in [0.25, 0.3) is 0 Å². The van der Waals surface area contributed by atoms with E-state index in [0.717, 1.165) is 18.8 Å². The summed E-state index contributed by atoms with van der Waals surface area (Å²) >= 11 is 0. The van der Waals surface area contributed by atoms with Crippen molar-refractivity contribution in [1.82, 2.24) is 10.3 Å². The number of anilines is 1. The van der Waals surface area contributed by atoms with Gasteiger partial charge in [0.15, 0.2) is 0 Å². The fourth-order valence-corrected chi connectivity index (χ4v) is 2.52. The summed E-state index contributed by atoms with van der Waals surface area (Å²) in [6.45, 7) is 6.39. The van der Waals surface area contributed by atoms with Crippen LogP contribution in [0.3, 0.4) is 0 Å². The Morgan fingerprint density at radius 3 is 2.61 bits per heavy atom. The molecule has 0 amide bonds. The second-order valence-electron chi connectivity index (χ2n) is 5.04. The molecule has 2 heterocycles. The lowest BCUT2D eigenvalue weighted by molar-refractivity contribution is 0.556. The molecule has 0 atom stereocenters. The minimum Gasteiger partial charge on any atom is -0.371 e. The number of rotatable bonds is 4. The maximum absolute atomic E-state index is 4.42. The van der Waals surface area contributed by atoms with E-state index in [1.165, 1.54) is 50.9 Å². The van der Waals surface area contributed by atoms with Crippen LogP contribution >= 0.6 is 0 Å². The van der Waals surface area contributed by atoms with E-state index in [4.69, 9.17) is 0 Å². The molecule has 1 aromatic rings. The van der Waals surface area contributed by atoms with Crippen molar-refractivity contribution >= 4 is 5.69 Å². The maximum Gasteiger partial charge on any atom is 0.0562 e. The molecule has 0 spiro atoms. The Hall–Kier alpha value is -1.09. The molecule has 3 heteroatoms. The fraction of sp³-hybridized carbons (Fsp3) is 0.667. The molecule has 1 aliphatic heterocycles. The van der Waals surface area contributed by atoms with Crippen LogP contribution < -0.4 is 10.2 Å². The minimum absolute atomic E-state index is 0.873. The van der Waals surface area contributed by atoms with Gasteiger partial charge in [0, 0.05) is 31.5 Å². The van der Waals surface area contributed by atoms with E-state index < -0.39 is 0 Å². The molecule has 0 radical (unpaired) electrons. The summed E-state index contributed by atoms with van der Waals surface area (Å²) < 4.78 is 0. The monoisotopic (exact) mass is 247 g/mol. The van der Waals surface area contributed by atoms with Gasteiger partial charge >= 0.3 is 0 Å². The first-order valence-electron chi connectivity index (χ1n) is 7.30. The van der Waals surface area contributed by atoms with Crippen molar-refractivity contribution in [1.29, 1.82) is 0 Å². The van der Waals surface area contributed by atoms with Gasteiger partial charge in [0.1, 0.15) is 0 Å². The topological polar surface area (TPSA) is 28.2 Å². The Labute approximate surface area is 111 Å². The summed E-state index contributed by atoms with van der Waals surface area (Å²) in [4.78, 5) is 6.95. The molecular formula is C15H25N3. The lowest BCUT2D eigenvalue weighted by Gasteiger charge is -2.27. The second-order valence-corrected chi connectivity index (χ2v) is 5.04. The average Bonchev–Trinajstić information content (AvgIpc) is 2.36. The number of nitrogens with one attached hydrogen (secondary N) is 1. The van der Waals surface area contributed by atoms with E-state index in [0.29, 0.717) is 0 Å². The van der Waals surface area contributed by atoms with Gasteiger partial charge in [0.25, 0.3) is 0 Å². The molecule has 1 fully saturated rings. The molecule has 1 N–H and O–H groups in total. The zero-order valence-corrected chi connectivity index (χ0v) is 11.5. The molecule has 0 bridgehead atoms. The van der Waals surface area contributed by atoms with Crippen molar-refractivity contribution in [2.75, 3.05) is 24.5 Å². The number of aromatic nitrogens is 1. The number of hydrogen-bond acceptors (Lipinski definition) is 3. The van der Waals surface area contributed by atoms with Gasteiger partial charge in [-0.1, -0.05) is 26.2 Å². The Balaban J connectivity index is 2.01.